The number of fused-ring (bicyclic) bond motifs is 1. The Morgan fingerprint density at radius 3 is 2.59 bits per heavy atom. The molecule has 0 saturated carbocycles. The second-order valence-corrected chi connectivity index (χ2v) is 8.25. The smallest absolute Gasteiger partial charge is 0.277 e. The fourth-order valence-electron chi connectivity index (χ4n) is 3.31. The first kappa shape index (κ1) is 17.6. The van der Waals surface area contributed by atoms with Crippen molar-refractivity contribution in [3.05, 3.63) is 53.9 Å². The van der Waals surface area contributed by atoms with Crippen molar-refractivity contribution in [2.45, 2.75) is 26.3 Å². The van der Waals surface area contributed by atoms with Gasteiger partial charge in [-0.25, -0.2) is 4.98 Å². The SMILES string of the molecule is CC(C)(C)N1CCN(C(=O)c2csc(-c3cnccn3)n2)c2ccccc21. The summed E-state index contributed by atoms with van der Waals surface area (Å²) < 4.78 is 0. The number of carbonyl (C=O) groups is 1. The van der Waals surface area contributed by atoms with Crippen LogP contribution < -0.4 is 9.80 Å². The molecule has 4 rings (SSSR count). The highest BCUT2D eigenvalue weighted by Gasteiger charge is 2.33. The van der Waals surface area contributed by atoms with Crippen LogP contribution in [0.3, 0.4) is 0 Å². The van der Waals surface area contributed by atoms with Crippen molar-refractivity contribution < 1.29 is 4.79 Å². The molecule has 0 atom stereocenters. The van der Waals surface area contributed by atoms with Crippen molar-refractivity contribution in [2.75, 3.05) is 22.9 Å². The van der Waals surface area contributed by atoms with Gasteiger partial charge in [-0.3, -0.25) is 14.8 Å². The lowest BCUT2D eigenvalue weighted by Crippen LogP contribution is -2.51. The van der Waals surface area contributed by atoms with Crippen LogP contribution in [-0.4, -0.2) is 39.5 Å². The monoisotopic (exact) mass is 379 g/mol. The van der Waals surface area contributed by atoms with Gasteiger partial charge in [0.1, 0.15) is 16.4 Å². The topological polar surface area (TPSA) is 62.2 Å². The molecule has 0 unspecified atom stereocenters. The Bertz CT molecular complexity index is 964. The zero-order valence-electron chi connectivity index (χ0n) is 15.6. The second kappa shape index (κ2) is 6.74. The van der Waals surface area contributed by atoms with Crippen LogP contribution in [0.15, 0.2) is 48.2 Å². The van der Waals surface area contributed by atoms with E-state index in [1.54, 1.807) is 24.0 Å². The lowest BCUT2D eigenvalue weighted by atomic mass is 10.0. The average Bonchev–Trinajstić information content (AvgIpc) is 3.17. The van der Waals surface area contributed by atoms with E-state index in [-0.39, 0.29) is 11.4 Å². The molecule has 1 amide bonds. The van der Waals surface area contributed by atoms with E-state index in [1.165, 1.54) is 11.3 Å². The van der Waals surface area contributed by atoms with Crippen molar-refractivity contribution in [1.82, 2.24) is 15.0 Å². The maximum Gasteiger partial charge on any atom is 0.277 e. The number of carbonyl (C=O) groups excluding carboxylic acids is 1. The first-order valence-electron chi connectivity index (χ1n) is 8.85. The highest BCUT2D eigenvalue weighted by molar-refractivity contribution is 7.13. The fraction of sp³-hybridized carbons (Fsp3) is 0.300. The van der Waals surface area contributed by atoms with Crippen molar-refractivity contribution >= 4 is 28.6 Å². The highest BCUT2D eigenvalue weighted by atomic mass is 32.1. The zero-order valence-corrected chi connectivity index (χ0v) is 16.4. The molecule has 0 bridgehead atoms. The van der Waals surface area contributed by atoms with E-state index in [4.69, 9.17) is 0 Å². The Labute approximate surface area is 162 Å². The van der Waals surface area contributed by atoms with E-state index in [0.717, 1.165) is 17.9 Å². The molecule has 0 spiro atoms. The number of aromatic nitrogens is 3. The Balaban J connectivity index is 1.66. The fourth-order valence-corrected chi connectivity index (χ4v) is 4.06. The molecule has 0 radical (unpaired) electrons. The van der Waals surface area contributed by atoms with Crippen molar-refractivity contribution in [3.63, 3.8) is 0 Å². The number of hydrogen-bond donors (Lipinski definition) is 0. The molecule has 2 aromatic heterocycles. The number of nitrogens with zero attached hydrogens (tertiary/aromatic N) is 5. The maximum atomic E-state index is 13.2. The van der Waals surface area contributed by atoms with Crippen LogP contribution in [0.4, 0.5) is 11.4 Å². The van der Waals surface area contributed by atoms with Crippen LogP contribution in [0.25, 0.3) is 10.7 Å². The molecule has 3 aromatic rings. The van der Waals surface area contributed by atoms with E-state index < -0.39 is 0 Å². The van der Waals surface area contributed by atoms with Crippen LogP contribution in [0.1, 0.15) is 31.3 Å². The number of hydrogen-bond acceptors (Lipinski definition) is 6. The number of benzene rings is 1. The quantitative estimate of drug-likeness (QED) is 0.676. The molecule has 7 heteroatoms. The summed E-state index contributed by atoms with van der Waals surface area (Å²) in [7, 11) is 0. The van der Waals surface area contributed by atoms with Crippen molar-refractivity contribution in [1.29, 1.82) is 0 Å². The summed E-state index contributed by atoms with van der Waals surface area (Å²) in [5, 5.41) is 2.50. The molecular weight excluding hydrogens is 358 g/mol. The first-order valence-corrected chi connectivity index (χ1v) is 9.73. The molecule has 0 saturated heterocycles. The third-order valence-electron chi connectivity index (χ3n) is 4.57. The van der Waals surface area contributed by atoms with Crippen LogP contribution in [0.5, 0.6) is 0 Å². The van der Waals surface area contributed by atoms with Crippen LogP contribution in [-0.2, 0) is 0 Å². The van der Waals surface area contributed by atoms with Gasteiger partial charge in [0, 0.05) is 36.4 Å². The summed E-state index contributed by atoms with van der Waals surface area (Å²) >= 11 is 1.41. The largest absolute Gasteiger partial charge is 0.363 e. The highest BCUT2D eigenvalue weighted by Crippen LogP contribution is 2.37. The van der Waals surface area contributed by atoms with Gasteiger partial charge in [-0.1, -0.05) is 12.1 Å². The van der Waals surface area contributed by atoms with E-state index >= 15 is 0 Å². The summed E-state index contributed by atoms with van der Waals surface area (Å²) in [5.74, 6) is -0.0811. The normalized spacial score (nSPS) is 14.2. The molecule has 1 aliphatic rings. The van der Waals surface area contributed by atoms with Gasteiger partial charge in [0.2, 0.25) is 0 Å². The van der Waals surface area contributed by atoms with Gasteiger partial charge in [0.15, 0.2) is 0 Å². The van der Waals surface area contributed by atoms with Crippen LogP contribution in [0, 0.1) is 0 Å². The minimum atomic E-state index is -0.0811. The number of amides is 1. The summed E-state index contributed by atoms with van der Waals surface area (Å²) in [6.07, 6.45) is 4.90. The summed E-state index contributed by atoms with van der Waals surface area (Å²) in [6, 6.07) is 8.06. The van der Waals surface area contributed by atoms with E-state index in [1.807, 2.05) is 23.1 Å². The Morgan fingerprint density at radius 2 is 1.89 bits per heavy atom. The Morgan fingerprint density at radius 1 is 1.11 bits per heavy atom. The average molecular weight is 379 g/mol. The maximum absolute atomic E-state index is 13.2. The van der Waals surface area contributed by atoms with Gasteiger partial charge >= 0.3 is 0 Å². The standard InChI is InChI=1S/C20H21N5OS/c1-20(2,3)25-11-10-24(16-6-4-5-7-17(16)25)19(26)15-13-27-18(23-15)14-12-21-8-9-22-14/h4-9,12-13H,10-11H2,1-3H3. The number of anilines is 2. The third kappa shape index (κ3) is 3.30. The van der Waals surface area contributed by atoms with E-state index in [2.05, 4.69) is 46.7 Å². The predicted octanol–water partition coefficient (Wildman–Crippen LogP) is 3.87. The third-order valence-corrected chi connectivity index (χ3v) is 5.44. The van der Waals surface area contributed by atoms with E-state index in [9.17, 15) is 4.79 Å². The van der Waals surface area contributed by atoms with Crippen LogP contribution >= 0.6 is 11.3 Å². The van der Waals surface area contributed by atoms with E-state index in [0.29, 0.717) is 22.9 Å². The molecule has 0 fully saturated rings. The van der Waals surface area contributed by atoms with Gasteiger partial charge in [-0.05, 0) is 32.9 Å². The predicted molar refractivity (Wildman–Crippen MR) is 108 cm³/mol. The van der Waals surface area contributed by atoms with Gasteiger partial charge in [0.25, 0.3) is 5.91 Å². The molecule has 138 valence electrons. The first-order chi connectivity index (χ1) is 12.9. The second-order valence-electron chi connectivity index (χ2n) is 7.40. The molecule has 6 nitrogen and oxygen atoms in total. The summed E-state index contributed by atoms with van der Waals surface area (Å²) in [4.78, 5) is 30.2. The van der Waals surface area contributed by atoms with Crippen molar-refractivity contribution in [3.8, 4) is 10.7 Å². The summed E-state index contributed by atoms with van der Waals surface area (Å²) in [5.41, 5.74) is 3.12. The Hall–Kier alpha value is -2.80. The summed E-state index contributed by atoms with van der Waals surface area (Å²) in [6.45, 7) is 7.98. The van der Waals surface area contributed by atoms with Gasteiger partial charge in [-0.15, -0.1) is 11.3 Å². The molecule has 0 aliphatic carbocycles. The minimum absolute atomic E-state index is 0.00891. The molecule has 3 heterocycles. The number of rotatable bonds is 2. The van der Waals surface area contributed by atoms with Gasteiger partial charge in [0.05, 0.1) is 17.6 Å². The molecule has 1 aromatic carbocycles. The molecule has 1 aliphatic heterocycles. The van der Waals surface area contributed by atoms with Crippen LogP contribution in [0.2, 0.25) is 0 Å². The lowest BCUT2D eigenvalue weighted by Gasteiger charge is -2.44. The Kier molecular flexibility index (Phi) is 4.39. The molecule has 27 heavy (non-hydrogen) atoms. The number of thiazole rings is 1. The van der Waals surface area contributed by atoms with Gasteiger partial charge in [-0.2, -0.15) is 0 Å². The molecular formula is C20H21N5OS. The minimum Gasteiger partial charge on any atom is -0.363 e. The number of para-hydroxylation sites is 2. The van der Waals surface area contributed by atoms with Crippen molar-refractivity contribution in [2.24, 2.45) is 0 Å². The lowest BCUT2D eigenvalue weighted by molar-refractivity contribution is 0.0982. The zero-order chi connectivity index (χ0) is 19.0. The molecule has 0 N–H and O–H groups in total. The van der Waals surface area contributed by atoms with Gasteiger partial charge < -0.3 is 9.80 Å².